The average Bonchev–Trinajstić information content (AvgIpc) is 2.18. The van der Waals surface area contributed by atoms with Crippen LogP contribution in [0.15, 0.2) is 12.1 Å². The Morgan fingerprint density at radius 2 is 2.40 bits per heavy atom. The van der Waals surface area contributed by atoms with Crippen LogP contribution in [-0.2, 0) is 16.0 Å². The number of rotatable bonds is 3. The van der Waals surface area contributed by atoms with E-state index >= 15 is 0 Å². The minimum Gasteiger partial charge on any atom is -0.466 e. The predicted octanol–water partition coefficient (Wildman–Crippen LogP) is 1.72. The third-order valence-corrected chi connectivity index (χ3v) is 1.99. The number of aromatic nitrogens is 1. The van der Waals surface area contributed by atoms with Crippen molar-refractivity contribution in [3.05, 3.63) is 28.0 Å². The van der Waals surface area contributed by atoms with Gasteiger partial charge in [-0.15, -0.1) is 0 Å². The minimum atomic E-state index is -0.370. The van der Waals surface area contributed by atoms with Gasteiger partial charge in [0.05, 0.1) is 18.6 Å². The lowest BCUT2D eigenvalue weighted by Gasteiger charge is -2.03. The summed E-state index contributed by atoms with van der Waals surface area (Å²) in [7, 11) is 0. The van der Waals surface area contributed by atoms with Gasteiger partial charge in [0, 0.05) is 5.69 Å². The van der Waals surface area contributed by atoms with Gasteiger partial charge in [0.25, 0.3) is 0 Å². The van der Waals surface area contributed by atoms with Crippen LogP contribution in [-0.4, -0.2) is 17.6 Å². The molecule has 0 bridgehead atoms. The zero-order valence-corrected chi connectivity index (χ0v) is 9.06. The summed E-state index contributed by atoms with van der Waals surface area (Å²) in [5.74, 6) is -0.370. The fraction of sp³-hybridized carbons (Fsp3) is 0.300. The van der Waals surface area contributed by atoms with Crippen molar-refractivity contribution in [3.63, 3.8) is 0 Å². The number of hydrogen-bond acceptors (Lipinski definition) is 4. The molecule has 0 saturated heterocycles. The Morgan fingerprint density at radius 3 is 3.00 bits per heavy atom. The molecule has 0 spiro atoms. The van der Waals surface area contributed by atoms with Crippen LogP contribution in [0.3, 0.4) is 0 Å². The summed E-state index contributed by atoms with van der Waals surface area (Å²) in [4.78, 5) is 14.0. The predicted molar refractivity (Wildman–Crippen MR) is 56.7 cm³/mol. The Hall–Kier alpha value is -1.67. The molecule has 0 aliphatic rings. The zero-order valence-electron chi connectivity index (χ0n) is 8.24. The summed E-state index contributed by atoms with van der Waals surface area (Å²) in [5, 5.41) is 8.80. The van der Waals surface area contributed by atoms with Gasteiger partial charge >= 0.3 is 5.97 Å². The summed E-state index contributed by atoms with van der Waals surface area (Å²) in [6.45, 7) is 2.06. The first-order chi connectivity index (χ1) is 7.17. The normalized spacial score (nSPS) is 9.33. The standard InChI is InChI=1S/C10H10N2O2S/c1-2-14-10(13)5-8-7(6-11)3-4-9(15)12-8/h3-4H,2,5H2,1H3,(H,12,15). The highest BCUT2D eigenvalue weighted by Crippen LogP contribution is 2.06. The molecule has 78 valence electrons. The van der Waals surface area contributed by atoms with Crippen LogP contribution in [0.2, 0.25) is 0 Å². The molecule has 0 aromatic carbocycles. The Morgan fingerprint density at radius 1 is 1.67 bits per heavy atom. The smallest absolute Gasteiger partial charge is 0.311 e. The average molecular weight is 222 g/mol. The molecule has 1 N–H and O–H groups in total. The van der Waals surface area contributed by atoms with Crippen LogP contribution in [0, 0.1) is 16.0 Å². The van der Waals surface area contributed by atoms with Gasteiger partial charge in [-0.2, -0.15) is 5.26 Å². The molecule has 1 aromatic heterocycles. The van der Waals surface area contributed by atoms with Crippen molar-refractivity contribution in [2.24, 2.45) is 0 Å². The molecule has 4 nitrogen and oxygen atoms in total. The van der Waals surface area contributed by atoms with Crippen LogP contribution in [0.5, 0.6) is 0 Å². The lowest BCUT2D eigenvalue weighted by Crippen LogP contribution is -2.10. The maximum absolute atomic E-state index is 11.2. The van der Waals surface area contributed by atoms with Gasteiger partial charge in [-0.1, -0.05) is 12.2 Å². The number of carbonyl (C=O) groups excluding carboxylic acids is 1. The molecule has 0 atom stereocenters. The molecule has 1 rings (SSSR count). The molecule has 0 aliphatic heterocycles. The highest BCUT2D eigenvalue weighted by atomic mass is 32.1. The Labute approximate surface area is 92.5 Å². The molecule has 0 fully saturated rings. The molecule has 0 aliphatic carbocycles. The number of nitrogens with zero attached hydrogens (tertiary/aromatic N) is 1. The second-order valence-corrected chi connectivity index (χ2v) is 3.25. The highest BCUT2D eigenvalue weighted by molar-refractivity contribution is 7.71. The topological polar surface area (TPSA) is 65.9 Å². The number of carbonyl (C=O) groups is 1. The van der Waals surface area contributed by atoms with Crippen molar-refractivity contribution in [1.82, 2.24) is 4.98 Å². The number of hydrogen-bond donors (Lipinski definition) is 1. The summed E-state index contributed by atoms with van der Waals surface area (Å²) in [5.41, 5.74) is 0.917. The zero-order chi connectivity index (χ0) is 11.3. The van der Waals surface area contributed by atoms with Gasteiger partial charge in [0.15, 0.2) is 0 Å². The van der Waals surface area contributed by atoms with Gasteiger partial charge in [-0.05, 0) is 19.1 Å². The van der Waals surface area contributed by atoms with E-state index in [2.05, 4.69) is 4.98 Å². The van der Waals surface area contributed by atoms with E-state index in [0.29, 0.717) is 22.5 Å². The van der Waals surface area contributed by atoms with Crippen molar-refractivity contribution < 1.29 is 9.53 Å². The number of esters is 1. The van der Waals surface area contributed by atoms with E-state index in [1.54, 1.807) is 19.1 Å². The second kappa shape index (κ2) is 5.27. The Balaban J connectivity index is 2.93. The first kappa shape index (κ1) is 11.4. The number of pyridine rings is 1. The van der Waals surface area contributed by atoms with Crippen molar-refractivity contribution in [2.45, 2.75) is 13.3 Å². The molecular weight excluding hydrogens is 212 g/mol. The van der Waals surface area contributed by atoms with E-state index in [1.165, 1.54) is 0 Å². The summed E-state index contributed by atoms with van der Waals surface area (Å²) >= 11 is 4.91. The number of nitriles is 1. The van der Waals surface area contributed by atoms with E-state index in [-0.39, 0.29) is 12.4 Å². The van der Waals surface area contributed by atoms with Crippen molar-refractivity contribution in [1.29, 1.82) is 5.26 Å². The van der Waals surface area contributed by atoms with Gasteiger partial charge in [-0.25, -0.2) is 0 Å². The number of ether oxygens (including phenoxy) is 1. The SMILES string of the molecule is CCOC(=O)Cc1[nH]c(=S)ccc1C#N. The van der Waals surface area contributed by atoms with Crippen LogP contribution in [0.1, 0.15) is 18.2 Å². The molecule has 0 radical (unpaired) electrons. The summed E-state index contributed by atoms with van der Waals surface area (Å²) < 4.78 is 5.28. The fourth-order valence-electron chi connectivity index (χ4n) is 1.12. The van der Waals surface area contributed by atoms with Crippen molar-refractivity contribution >= 4 is 18.2 Å². The van der Waals surface area contributed by atoms with Crippen LogP contribution >= 0.6 is 12.2 Å². The molecule has 1 aromatic rings. The third-order valence-electron chi connectivity index (χ3n) is 1.75. The molecule has 1 heterocycles. The van der Waals surface area contributed by atoms with E-state index in [0.717, 1.165) is 0 Å². The maximum Gasteiger partial charge on any atom is 0.311 e. The summed E-state index contributed by atoms with van der Waals surface area (Å²) in [6, 6.07) is 5.19. The molecule has 0 amide bonds. The molecule has 5 heteroatoms. The molecule has 0 saturated carbocycles. The van der Waals surface area contributed by atoms with Crippen LogP contribution < -0.4 is 0 Å². The minimum absolute atomic E-state index is 0.0429. The quantitative estimate of drug-likeness (QED) is 0.624. The third kappa shape index (κ3) is 3.18. The largest absolute Gasteiger partial charge is 0.466 e. The molecule has 0 unspecified atom stereocenters. The first-order valence-corrected chi connectivity index (χ1v) is 4.86. The number of H-pyrrole nitrogens is 1. The highest BCUT2D eigenvalue weighted by Gasteiger charge is 2.08. The molecular formula is C10H10N2O2S. The lowest BCUT2D eigenvalue weighted by molar-refractivity contribution is -0.142. The fourth-order valence-corrected chi connectivity index (χ4v) is 1.31. The van der Waals surface area contributed by atoms with Crippen LogP contribution in [0.25, 0.3) is 0 Å². The van der Waals surface area contributed by atoms with Crippen LogP contribution in [0.4, 0.5) is 0 Å². The Kier molecular flexibility index (Phi) is 4.01. The molecule has 15 heavy (non-hydrogen) atoms. The monoisotopic (exact) mass is 222 g/mol. The van der Waals surface area contributed by atoms with Gasteiger partial charge in [-0.3, -0.25) is 4.79 Å². The van der Waals surface area contributed by atoms with Crippen molar-refractivity contribution in [2.75, 3.05) is 6.61 Å². The van der Waals surface area contributed by atoms with E-state index in [4.69, 9.17) is 22.2 Å². The van der Waals surface area contributed by atoms with Gasteiger partial charge < -0.3 is 9.72 Å². The van der Waals surface area contributed by atoms with Gasteiger partial charge in [0.1, 0.15) is 10.7 Å². The number of aromatic amines is 1. The lowest BCUT2D eigenvalue weighted by atomic mass is 10.1. The number of nitrogens with one attached hydrogen (secondary N) is 1. The van der Waals surface area contributed by atoms with Gasteiger partial charge in [0.2, 0.25) is 0 Å². The van der Waals surface area contributed by atoms with E-state index in [9.17, 15) is 4.79 Å². The Bertz CT molecular complexity index is 459. The maximum atomic E-state index is 11.2. The summed E-state index contributed by atoms with van der Waals surface area (Å²) in [6.07, 6.45) is 0.0429. The van der Waals surface area contributed by atoms with Crippen molar-refractivity contribution in [3.8, 4) is 6.07 Å². The van der Waals surface area contributed by atoms with E-state index in [1.807, 2.05) is 6.07 Å². The first-order valence-electron chi connectivity index (χ1n) is 4.45. The van der Waals surface area contributed by atoms with E-state index < -0.39 is 0 Å². The second-order valence-electron chi connectivity index (χ2n) is 2.81.